The van der Waals surface area contributed by atoms with Crippen molar-refractivity contribution in [3.05, 3.63) is 41.5 Å². The van der Waals surface area contributed by atoms with Crippen LogP contribution in [0.4, 0.5) is 0 Å². The summed E-state index contributed by atoms with van der Waals surface area (Å²) in [6, 6.07) is 6.72. The number of carbonyl (C=O) groups excluding carboxylic acids is 1. The summed E-state index contributed by atoms with van der Waals surface area (Å²) in [6.45, 7) is 4.49. The minimum Gasteiger partial charge on any atom is -0.490 e. The first-order valence-corrected chi connectivity index (χ1v) is 7.30. The molecule has 1 rings (SSSR count). The van der Waals surface area contributed by atoms with E-state index < -0.39 is 5.97 Å². The fourth-order valence-electron chi connectivity index (χ4n) is 1.82. The maximum Gasteiger partial charge on any atom is 0.323 e. The molecule has 126 valence electrons. The lowest BCUT2D eigenvalue weighted by Crippen LogP contribution is -2.38. The zero-order chi connectivity index (χ0) is 17.2. The molecule has 23 heavy (non-hydrogen) atoms. The molecule has 0 atom stereocenters. The van der Waals surface area contributed by atoms with Gasteiger partial charge in [0.1, 0.15) is 18.9 Å². The predicted molar refractivity (Wildman–Crippen MR) is 86.8 cm³/mol. The first-order chi connectivity index (χ1) is 10.9. The average molecular weight is 321 g/mol. The smallest absolute Gasteiger partial charge is 0.323 e. The van der Waals surface area contributed by atoms with E-state index in [2.05, 4.69) is 0 Å². The van der Waals surface area contributed by atoms with Gasteiger partial charge in [0.2, 0.25) is 0 Å². The van der Waals surface area contributed by atoms with E-state index in [0.717, 1.165) is 5.57 Å². The fourth-order valence-corrected chi connectivity index (χ4v) is 1.82. The van der Waals surface area contributed by atoms with Crippen LogP contribution in [0.5, 0.6) is 5.75 Å². The molecule has 1 aromatic rings. The number of aliphatic carboxylic acids is 1. The molecule has 0 radical (unpaired) electrons. The van der Waals surface area contributed by atoms with Gasteiger partial charge in [0.05, 0.1) is 6.61 Å². The normalized spacial score (nSPS) is 10.0. The Morgan fingerprint density at radius 2 is 2.04 bits per heavy atom. The predicted octanol–water partition coefficient (Wildman–Crippen LogP) is 2.20. The summed E-state index contributed by atoms with van der Waals surface area (Å²) < 4.78 is 10.5. The molecule has 1 amide bonds. The third kappa shape index (κ3) is 6.97. The SMILES string of the molecule is COCCN(CC(=O)O)C(=O)c1cccc(OCC=C(C)C)c1. The Morgan fingerprint density at radius 1 is 1.30 bits per heavy atom. The van der Waals surface area contributed by atoms with Crippen molar-refractivity contribution in [2.75, 3.05) is 33.4 Å². The molecule has 0 spiro atoms. The standard InChI is InChI=1S/C17H23NO5/c1-13(2)7-9-23-15-6-4-5-14(11-15)17(21)18(8-10-22-3)12-16(19)20/h4-7,11H,8-10,12H2,1-3H3,(H,19,20). The lowest BCUT2D eigenvalue weighted by molar-refractivity contribution is -0.137. The minimum absolute atomic E-state index is 0.213. The van der Waals surface area contributed by atoms with E-state index in [9.17, 15) is 9.59 Å². The number of nitrogens with zero attached hydrogens (tertiary/aromatic N) is 1. The molecule has 0 bridgehead atoms. The Kier molecular flexibility index (Phi) is 7.83. The number of benzene rings is 1. The van der Waals surface area contributed by atoms with Crippen molar-refractivity contribution in [1.29, 1.82) is 0 Å². The molecule has 0 fully saturated rings. The maximum absolute atomic E-state index is 12.5. The highest BCUT2D eigenvalue weighted by molar-refractivity contribution is 5.96. The van der Waals surface area contributed by atoms with Crippen LogP contribution in [0.1, 0.15) is 24.2 Å². The lowest BCUT2D eigenvalue weighted by atomic mass is 10.2. The third-order valence-electron chi connectivity index (χ3n) is 3.00. The van der Waals surface area contributed by atoms with Crippen molar-refractivity contribution in [3.8, 4) is 5.75 Å². The Morgan fingerprint density at radius 3 is 2.65 bits per heavy atom. The van der Waals surface area contributed by atoms with Gasteiger partial charge >= 0.3 is 5.97 Å². The minimum atomic E-state index is -1.06. The number of hydrogen-bond donors (Lipinski definition) is 1. The quantitative estimate of drug-likeness (QED) is 0.706. The van der Waals surface area contributed by atoms with Gasteiger partial charge in [0.15, 0.2) is 0 Å². The van der Waals surface area contributed by atoms with Crippen molar-refractivity contribution in [2.24, 2.45) is 0 Å². The van der Waals surface area contributed by atoms with Crippen LogP contribution in [0.25, 0.3) is 0 Å². The van der Waals surface area contributed by atoms with Gasteiger partial charge in [-0.3, -0.25) is 9.59 Å². The average Bonchev–Trinajstić information content (AvgIpc) is 2.50. The molecule has 0 heterocycles. The van der Waals surface area contributed by atoms with Crippen molar-refractivity contribution in [3.63, 3.8) is 0 Å². The summed E-state index contributed by atoms with van der Waals surface area (Å²) >= 11 is 0. The highest BCUT2D eigenvalue weighted by atomic mass is 16.5. The van der Waals surface area contributed by atoms with Crippen molar-refractivity contribution in [2.45, 2.75) is 13.8 Å². The number of carboxylic acids is 1. The highest BCUT2D eigenvalue weighted by Gasteiger charge is 2.18. The number of ether oxygens (including phenoxy) is 2. The number of rotatable bonds is 9. The second-order valence-electron chi connectivity index (χ2n) is 5.23. The summed E-state index contributed by atoms with van der Waals surface area (Å²) in [6.07, 6.45) is 1.93. The number of allylic oxidation sites excluding steroid dienone is 1. The number of methoxy groups -OCH3 is 1. The summed E-state index contributed by atoms with van der Waals surface area (Å²) in [4.78, 5) is 24.6. The second-order valence-corrected chi connectivity index (χ2v) is 5.23. The zero-order valence-corrected chi connectivity index (χ0v) is 13.7. The van der Waals surface area contributed by atoms with Crippen LogP contribution in [-0.4, -0.2) is 55.3 Å². The van der Waals surface area contributed by atoms with Gasteiger partial charge in [-0.25, -0.2) is 0 Å². The third-order valence-corrected chi connectivity index (χ3v) is 3.00. The molecular formula is C17H23NO5. The van der Waals surface area contributed by atoms with E-state index in [1.54, 1.807) is 24.3 Å². The monoisotopic (exact) mass is 321 g/mol. The molecule has 0 saturated carbocycles. The Bertz CT molecular complexity index is 564. The molecule has 1 aromatic carbocycles. The van der Waals surface area contributed by atoms with Gasteiger partial charge in [0.25, 0.3) is 5.91 Å². The molecule has 1 N–H and O–H groups in total. The zero-order valence-electron chi connectivity index (χ0n) is 13.7. The van der Waals surface area contributed by atoms with Crippen LogP contribution in [0.3, 0.4) is 0 Å². The van der Waals surface area contributed by atoms with Gasteiger partial charge < -0.3 is 19.5 Å². The van der Waals surface area contributed by atoms with Gasteiger partial charge in [0, 0.05) is 19.2 Å². The van der Waals surface area contributed by atoms with E-state index in [-0.39, 0.29) is 25.6 Å². The van der Waals surface area contributed by atoms with Crippen molar-refractivity contribution < 1.29 is 24.2 Å². The molecule has 0 aliphatic rings. The van der Waals surface area contributed by atoms with Crippen LogP contribution >= 0.6 is 0 Å². The molecule has 0 aliphatic carbocycles. The number of carboxylic acid groups (broad SMARTS) is 1. The first kappa shape index (κ1) is 18.7. The summed E-state index contributed by atoms with van der Waals surface area (Å²) in [5, 5.41) is 8.94. The maximum atomic E-state index is 12.5. The van der Waals surface area contributed by atoms with E-state index in [1.807, 2.05) is 19.9 Å². The molecule has 0 aromatic heterocycles. The lowest BCUT2D eigenvalue weighted by Gasteiger charge is -2.20. The van der Waals surface area contributed by atoms with Crippen molar-refractivity contribution >= 4 is 11.9 Å². The van der Waals surface area contributed by atoms with Crippen molar-refractivity contribution in [1.82, 2.24) is 4.90 Å². The summed E-state index contributed by atoms with van der Waals surface area (Å²) in [7, 11) is 1.50. The topological polar surface area (TPSA) is 76.1 Å². The van der Waals surface area contributed by atoms with Gasteiger partial charge in [-0.05, 0) is 38.1 Å². The van der Waals surface area contributed by atoms with Crippen LogP contribution in [0.2, 0.25) is 0 Å². The van der Waals surface area contributed by atoms with E-state index >= 15 is 0 Å². The van der Waals surface area contributed by atoms with E-state index in [4.69, 9.17) is 14.6 Å². The van der Waals surface area contributed by atoms with Crippen LogP contribution < -0.4 is 4.74 Å². The number of carbonyl (C=O) groups is 2. The summed E-state index contributed by atoms with van der Waals surface area (Å²) in [5.74, 6) is -0.863. The molecule has 0 saturated heterocycles. The van der Waals surface area contributed by atoms with Crippen LogP contribution in [0, 0.1) is 0 Å². The number of hydrogen-bond acceptors (Lipinski definition) is 4. The molecule has 6 nitrogen and oxygen atoms in total. The van der Waals surface area contributed by atoms with E-state index in [0.29, 0.717) is 17.9 Å². The van der Waals surface area contributed by atoms with Crippen LogP contribution in [-0.2, 0) is 9.53 Å². The van der Waals surface area contributed by atoms with Crippen LogP contribution in [0.15, 0.2) is 35.9 Å². The molecule has 0 unspecified atom stereocenters. The van der Waals surface area contributed by atoms with Gasteiger partial charge in [-0.15, -0.1) is 0 Å². The Labute approximate surface area is 136 Å². The number of amides is 1. The highest BCUT2D eigenvalue weighted by Crippen LogP contribution is 2.15. The first-order valence-electron chi connectivity index (χ1n) is 7.30. The molecule has 6 heteroatoms. The Hall–Kier alpha value is -2.34. The van der Waals surface area contributed by atoms with Gasteiger partial charge in [-0.1, -0.05) is 11.6 Å². The second kappa shape index (κ2) is 9.63. The fraction of sp³-hybridized carbons (Fsp3) is 0.412. The van der Waals surface area contributed by atoms with E-state index in [1.165, 1.54) is 12.0 Å². The molecular weight excluding hydrogens is 298 g/mol. The Balaban J connectivity index is 2.83. The molecule has 0 aliphatic heterocycles. The van der Waals surface area contributed by atoms with Gasteiger partial charge in [-0.2, -0.15) is 0 Å². The summed E-state index contributed by atoms with van der Waals surface area (Å²) in [5.41, 5.74) is 1.53. The largest absolute Gasteiger partial charge is 0.490 e.